The Balaban J connectivity index is 0.00000341. The summed E-state index contributed by atoms with van der Waals surface area (Å²) >= 11 is 0. The third kappa shape index (κ3) is 7.04. The van der Waals surface area contributed by atoms with E-state index in [0.717, 1.165) is 5.69 Å². The maximum atomic E-state index is 12.4. The molecule has 7 nitrogen and oxygen atoms in total. The van der Waals surface area contributed by atoms with Gasteiger partial charge in [-0.1, -0.05) is 18.2 Å². The second-order valence-electron chi connectivity index (χ2n) is 6.74. The molecule has 3 rings (SSSR count). The predicted molar refractivity (Wildman–Crippen MR) is 123 cm³/mol. The van der Waals surface area contributed by atoms with Gasteiger partial charge in [-0.05, 0) is 18.2 Å². The monoisotopic (exact) mass is 551 g/mol. The van der Waals surface area contributed by atoms with Crippen molar-refractivity contribution in [2.75, 3.05) is 44.7 Å². The number of ether oxygens (including phenoxy) is 1. The summed E-state index contributed by atoms with van der Waals surface area (Å²) in [5.41, 5.74) is 1.30. The highest BCUT2D eigenvalue weighted by Gasteiger charge is 2.29. The molecule has 1 saturated heterocycles. The number of rotatable bonds is 5. The largest absolute Gasteiger partial charge is 0.506 e. The molecule has 1 aromatic heterocycles. The number of alkyl halides is 3. The molecule has 0 radical (unpaired) electrons. The third-order valence-electron chi connectivity index (χ3n) is 4.67. The summed E-state index contributed by atoms with van der Waals surface area (Å²) in [5, 5.41) is 13.2. The van der Waals surface area contributed by atoms with Crippen LogP contribution in [0.15, 0.2) is 47.6 Å². The van der Waals surface area contributed by atoms with E-state index in [2.05, 4.69) is 25.1 Å². The van der Waals surface area contributed by atoms with Crippen molar-refractivity contribution >= 4 is 35.6 Å². The van der Waals surface area contributed by atoms with Crippen molar-refractivity contribution in [3.63, 3.8) is 0 Å². The molecule has 1 aliphatic heterocycles. The van der Waals surface area contributed by atoms with Crippen LogP contribution in [-0.2, 0) is 6.54 Å². The van der Waals surface area contributed by atoms with Gasteiger partial charge in [0.1, 0.15) is 5.75 Å². The standard InChI is InChI=1S/C20H24F3N5O2.HI/c1-24-19(26-13-15-5-4-8-25-18(15)30-14-20(21,22)23)28-11-9-27(10-12-28)16-6-2-3-7-17(16)29;/h2-8,29H,9-14H2,1H3,(H,24,26);1H. The zero-order valence-corrected chi connectivity index (χ0v) is 19.3. The second kappa shape index (κ2) is 11.3. The summed E-state index contributed by atoms with van der Waals surface area (Å²) in [7, 11) is 1.65. The predicted octanol–water partition coefficient (Wildman–Crippen LogP) is 3.24. The Hall–Kier alpha value is -2.44. The minimum absolute atomic E-state index is 0. The molecule has 2 heterocycles. The molecule has 0 amide bonds. The number of phenols is 1. The number of piperazine rings is 1. The molecular formula is C20H25F3IN5O2. The molecule has 1 aliphatic rings. The van der Waals surface area contributed by atoms with Gasteiger partial charge in [0, 0.05) is 51.5 Å². The van der Waals surface area contributed by atoms with E-state index >= 15 is 0 Å². The number of anilines is 1. The first-order valence-electron chi connectivity index (χ1n) is 9.49. The lowest BCUT2D eigenvalue weighted by Crippen LogP contribution is -2.52. The van der Waals surface area contributed by atoms with E-state index < -0.39 is 12.8 Å². The molecular weight excluding hydrogens is 526 g/mol. The van der Waals surface area contributed by atoms with Crippen molar-refractivity contribution in [3.8, 4) is 11.6 Å². The number of nitrogens with one attached hydrogen (secondary N) is 1. The maximum absolute atomic E-state index is 12.4. The number of aromatic hydroxyl groups is 1. The zero-order chi connectivity index (χ0) is 21.6. The molecule has 2 aromatic rings. The fourth-order valence-electron chi connectivity index (χ4n) is 3.24. The highest BCUT2D eigenvalue weighted by molar-refractivity contribution is 14.0. The molecule has 1 fully saturated rings. The van der Waals surface area contributed by atoms with Gasteiger partial charge in [0.25, 0.3) is 0 Å². The van der Waals surface area contributed by atoms with Crippen molar-refractivity contribution in [2.24, 2.45) is 4.99 Å². The molecule has 0 spiro atoms. The Labute approximate surface area is 195 Å². The number of guanidine groups is 1. The van der Waals surface area contributed by atoms with Crippen LogP contribution in [0.5, 0.6) is 11.6 Å². The van der Waals surface area contributed by atoms with Gasteiger partial charge in [0.2, 0.25) is 5.88 Å². The average molecular weight is 551 g/mol. The van der Waals surface area contributed by atoms with Gasteiger partial charge in [-0.15, -0.1) is 24.0 Å². The lowest BCUT2D eigenvalue weighted by atomic mass is 10.2. The van der Waals surface area contributed by atoms with Crippen LogP contribution in [-0.4, -0.2) is 67.0 Å². The number of hydrogen-bond acceptors (Lipinski definition) is 5. The third-order valence-corrected chi connectivity index (χ3v) is 4.67. The lowest BCUT2D eigenvalue weighted by molar-refractivity contribution is -0.154. The quantitative estimate of drug-likeness (QED) is 0.338. The number of aliphatic imine (C=N–C) groups is 1. The SMILES string of the molecule is CN=C(NCc1cccnc1OCC(F)(F)F)N1CCN(c2ccccc2O)CC1.I. The summed E-state index contributed by atoms with van der Waals surface area (Å²) in [6.45, 7) is 1.60. The molecule has 31 heavy (non-hydrogen) atoms. The van der Waals surface area contributed by atoms with Crippen LogP contribution in [0.2, 0.25) is 0 Å². The first-order chi connectivity index (χ1) is 14.4. The Morgan fingerprint density at radius 3 is 2.52 bits per heavy atom. The van der Waals surface area contributed by atoms with Gasteiger partial charge in [-0.2, -0.15) is 13.2 Å². The van der Waals surface area contributed by atoms with Crippen molar-refractivity contribution in [1.82, 2.24) is 15.2 Å². The van der Waals surface area contributed by atoms with Gasteiger partial charge in [0.05, 0.1) is 5.69 Å². The summed E-state index contributed by atoms with van der Waals surface area (Å²) in [6.07, 6.45) is -3.03. The average Bonchev–Trinajstić information content (AvgIpc) is 2.74. The summed E-state index contributed by atoms with van der Waals surface area (Å²) in [5.74, 6) is 0.830. The number of para-hydroxylation sites is 2. The van der Waals surface area contributed by atoms with E-state index in [0.29, 0.717) is 37.7 Å². The smallest absolute Gasteiger partial charge is 0.422 e. The number of benzene rings is 1. The van der Waals surface area contributed by atoms with Gasteiger partial charge in [-0.3, -0.25) is 4.99 Å². The van der Waals surface area contributed by atoms with Crippen LogP contribution in [0.25, 0.3) is 0 Å². The molecule has 170 valence electrons. The number of nitrogens with zero attached hydrogens (tertiary/aromatic N) is 4. The number of halogens is 4. The van der Waals surface area contributed by atoms with Crippen molar-refractivity contribution in [3.05, 3.63) is 48.2 Å². The Morgan fingerprint density at radius 2 is 1.87 bits per heavy atom. The van der Waals surface area contributed by atoms with E-state index in [4.69, 9.17) is 4.74 Å². The zero-order valence-electron chi connectivity index (χ0n) is 17.0. The van der Waals surface area contributed by atoms with Crippen molar-refractivity contribution < 1.29 is 23.0 Å². The van der Waals surface area contributed by atoms with Crippen molar-refractivity contribution in [1.29, 1.82) is 0 Å². The topological polar surface area (TPSA) is 73.2 Å². The highest BCUT2D eigenvalue weighted by Crippen LogP contribution is 2.27. The summed E-state index contributed by atoms with van der Waals surface area (Å²) in [4.78, 5) is 12.3. The number of aromatic nitrogens is 1. The fraction of sp³-hybridized carbons (Fsp3) is 0.400. The summed E-state index contributed by atoms with van der Waals surface area (Å²) < 4.78 is 42.2. The number of hydrogen-bond donors (Lipinski definition) is 2. The van der Waals surface area contributed by atoms with Crippen LogP contribution in [0.4, 0.5) is 18.9 Å². The normalized spacial score (nSPS) is 14.8. The first kappa shape index (κ1) is 24.8. The highest BCUT2D eigenvalue weighted by atomic mass is 127. The Morgan fingerprint density at radius 1 is 1.16 bits per heavy atom. The Kier molecular flexibility index (Phi) is 9.01. The molecule has 2 N–H and O–H groups in total. The van der Waals surface area contributed by atoms with E-state index in [1.165, 1.54) is 6.20 Å². The van der Waals surface area contributed by atoms with Gasteiger partial charge in [-0.25, -0.2) is 4.98 Å². The van der Waals surface area contributed by atoms with Crippen LogP contribution >= 0.6 is 24.0 Å². The summed E-state index contributed by atoms with van der Waals surface area (Å²) in [6, 6.07) is 10.5. The molecule has 0 saturated carbocycles. The number of phenolic OH excluding ortho intramolecular Hbond substituents is 1. The Bertz CT molecular complexity index is 874. The maximum Gasteiger partial charge on any atom is 0.422 e. The molecule has 0 unspecified atom stereocenters. The van der Waals surface area contributed by atoms with Gasteiger partial charge in [0.15, 0.2) is 12.6 Å². The van der Waals surface area contributed by atoms with E-state index in [-0.39, 0.29) is 42.2 Å². The van der Waals surface area contributed by atoms with Gasteiger partial charge < -0.3 is 25.0 Å². The first-order valence-corrected chi connectivity index (χ1v) is 9.49. The minimum atomic E-state index is -4.43. The lowest BCUT2D eigenvalue weighted by Gasteiger charge is -2.37. The van der Waals surface area contributed by atoms with Crippen molar-refractivity contribution in [2.45, 2.75) is 12.7 Å². The molecule has 0 atom stereocenters. The van der Waals surface area contributed by atoms with Gasteiger partial charge >= 0.3 is 6.18 Å². The van der Waals surface area contributed by atoms with E-state index in [9.17, 15) is 18.3 Å². The molecule has 0 aliphatic carbocycles. The molecule has 0 bridgehead atoms. The van der Waals surface area contributed by atoms with E-state index in [1.54, 1.807) is 31.3 Å². The molecule has 1 aromatic carbocycles. The molecule has 11 heteroatoms. The van der Waals surface area contributed by atoms with Crippen LogP contribution in [0.3, 0.4) is 0 Å². The van der Waals surface area contributed by atoms with Crippen LogP contribution in [0.1, 0.15) is 5.56 Å². The number of pyridine rings is 1. The van der Waals surface area contributed by atoms with E-state index in [1.807, 2.05) is 12.1 Å². The second-order valence-corrected chi connectivity index (χ2v) is 6.74. The minimum Gasteiger partial charge on any atom is -0.506 e. The van der Waals surface area contributed by atoms with Crippen LogP contribution < -0.4 is 15.0 Å². The fourth-order valence-corrected chi connectivity index (χ4v) is 3.24. The van der Waals surface area contributed by atoms with Crippen LogP contribution in [0, 0.1) is 0 Å².